The fraction of sp³-hybridized carbons (Fsp3) is 0.929. The maximum atomic E-state index is 11.3. The Bertz CT molecular complexity index is 580. The summed E-state index contributed by atoms with van der Waals surface area (Å²) in [6.07, 6.45) is 48.5. The fourth-order valence-corrected chi connectivity index (χ4v) is 6.42. The third kappa shape index (κ3) is 37.4. The van der Waals surface area contributed by atoms with Gasteiger partial charge >= 0.3 is 5.97 Å². The first-order chi connectivity index (χ1) is 21.5. The molecule has 262 valence electrons. The quantitative estimate of drug-likeness (QED) is 0.0393. The molecule has 0 saturated carbocycles. The molecule has 0 aliphatic rings. The van der Waals surface area contributed by atoms with E-state index in [1.807, 2.05) is 0 Å². The highest BCUT2D eigenvalue weighted by molar-refractivity contribution is 5.86. The Morgan fingerprint density at radius 3 is 0.818 bits per heavy atom. The summed E-state index contributed by atoms with van der Waals surface area (Å²) in [5.74, 6) is 0.641. The van der Waals surface area contributed by atoms with E-state index >= 15 is 0 Å². The van der Waals surface area contributed by atoms with Crippen molar-refractivity contribution in [3.8, 4) is 0 Å². The Kier molecular flexibility index (Phi) is 36.0. The molecule has 0 saturated heterocycles. The minimum absolute atomic E-state index is 0.249. The van der Waals surface area contributed by atoms with E-state index in [4.69, 9.17) is 4.74 Å². The molecule has 0 aromatic carbocycles. The van der Waals surface area contributed by atoms with Crippen LogP contribution in [0.5, 0.6) is 0 Å². The van der Waals surface area contributed by atoms with Crippen molar-refractivity contribution < 1.29 is 9.53 Å². The second kappa shape index (κ2) is 36.7. The van der Waals surface area contributed by atoms with Gasteiger partial charge in [-0.3, -0.25) is 0 Å². The topological polar surface area (TPSA) is 26.3 Å². The fourth-order valence-electron chi connectivity index (χ4n) is 6.42. The van der Waals surface area contributed by atoms with Gasteiger partial charge in [-0.05, 0) is 19.3 Å². The SMILES string of the molecule is C=C(C)C(=O)OCCCCCCCCCCCCCCCCCCCCCCCCCCCCCCCCCCCC(C)C. The van der Waals surface area contributed by atoms with E-state index in [-0.39, 0.29) is 5.97 Å². The zero-order chi connectivity index (χ0) is 32.2. The molecule has 0 aromatic rings. The van der Waals surface area contributed by atoms with Crippen molar-refractivity contribution in [3.05, 3.63) is 12.2 Å². The van der Waals surface area contributed by atoms with Crippen molar-refractivity contribution in [2.45, 2.75) is 239 Å². The third-order valence-electron chi connectivity index (χ3n) is 9.51. The minimum Gasteiger partial charge on any atom is -0.462 e. The van der Waals surface area contributed by atoms with Gasteiger partial charge in [0.05, 0.1) is 6.61 Å². The molecule has 0 spiro atoms. The van der Waals surface area contributed by atoms with Crippen LogP contribution >= 0.6 is 0 Å². The number of carbonyl (C=O) groups excluding carboxylic acids is 1. The highest BCUT2D eigenvalue weighted by atomic mass is 16.5. The highest BCUT2D eigenvalue weighted by Crippen LogP contribution is 2.17. The van der Waals surface area contributed by atoms with Crippen LogP contribution in [0.2, 0.25) is 0 Å². The Morgan fingerprint density at radius 2 is 0.614 bits per heavy atom. The van der Waals surface area contributed by atoms with Crippen LogP contribution in [0, 0.1) is 5.92 Å². The van der Waals surface area contributed by atoms with Gasteiger partial charge in [-0.2, -0.15) is 0 Å². The lowest BCUT2D eigenvalue weighted by atomic mass is 10.0. The monoisotopic (exact) mass is 619 g/mol. The lowest BCUT2D eigenvalue weighted by molar-refractivity contribution is -0.139. The Labute approximate surface area is 278 Å². The van der Waals surface area contributed by atoms with Crippen LogP contribution in [0.1, 0.15) is 239 Å². The molecule has 0 aliphatic heterocycles. The third-order valence-corrected chi connectivity index (χ3v) is 9.51. The van der Waals surface area contributed by atoms with Gasteiger partial charge in [0.25, 0.3) is 0 Å². The van der Waals surface area contributed by atoms with E-state index in [1.54, 1.807) is 6.92 Å². The zero-order valence-electron chi connectivity index (χ0n) is 30.8. The van der Waals surface area contributed by atoms with Gasteiger partial charge in [-0.1, -0.05) is 232 Å². The first-order valence-electron chi connectivity index (χ1n) is 20.4. The van der Waals surface area contributed by atoms with E-state index < -0.39 is 0 Å². The number of carbonyl (C=O) groups is 1. The zero-order valence-corrected chi connectivity index (χ0v) is 30.8. The van der Waals surface area contributed by atoms with Crippen LogP contribution in [0.15, 0.2) is 12.2 Å². The van der Waals surface area contributed by atoms with Crippen molar-refractivity contribution in [1.82, 2.24) is 0 Å². The lowest BCUT2D eigenvalue weighted by Crippen LogP contribution is -2.05. The normalized spacial score (nSPS) is 11.5. The predicted octanol–water partition coefficient (Wildman–Crippen LogP) is 15.0. The molecule has 0 aliphatic carbocycles. The van der Waals surface area contributed by atoms with E-state index in [0.717, 1.165) is 12.3 Å². The first kappa shape index (κ1) is 43.2. The molecule has 0 N–H and O–H groups in total. The summed E-state index contributed by atoms with van der Waals surface area (Å²) in [4.78, 5) is 11.3. The second-order valence-electron chi connectivity index (χ2n) is 14.8. The molecule has 0 aromatic heterocycles. The minimum atomic E-state index is -0.249. The highest BCUT2D eigenvalue weighted by Gasteiger charge is 2.02. The molecule has 0 fully saturated rings. The van der Waals surface area contributed by atoms with Crippen LogP contribution in [-0.4, -0.2) is 12.6 Å². The van der Waals surface area contributed by atoms with Crippen LogP contribution in [0.4, 0.5) is 0 Å². The maximum absolute atomic E-state index is 11.3. The van der Waals surface area contributed by atoms with Crippen LogP contribution in [0.25, 0.3) is 0 Å². The number of hydrogen-bond acceptors (Lipinski definition) is 2. The summed E-state index contributed by atoms with van der Waals surface area (Å²) in [7, 11) is 0. The molecule has 0 radical (unpaired) electrons. The summed E-state index contributed by atoms with van der Waals surface area (Å²) < 4.78 is 5.14. The molecule has 0 bridgehead atoms. The molecule has 0 rings (SSSR count). The van der Waals surface area contributed by atoms with E-state index in [0.29, 0.717) is 12.2 Å². The number of unbranched alkanes of at least 4 members (excludes halogenated alkanes) is 32. The molecule has 0 heterocycles. The van der Waals surface area contributed by atoms with E-state index in [1.165, 1.54) is 212 Å². The second-order valence-corrected chi connectivity index (χ2v) is 14.8. The van der Waals surface area contributed by atoms with E-state index in [9.17, 15) is 4.79 Å². The summed E-state index contributed by atoms with van der Waals surface area (Å²) in [5.41, 5.74) is 0.496. The van der Waals surface area contributed by atoms with Crippen LogP contribution in [-0.2, 0) is 9.53 Å². The lowest BCUT2D eigenvalue weighted by Gasteiger charge is -2.05. The number of esters is 1. The average molecular weight is 619 g/mol. The largest absolute Gasteiger partial charge is 0.462 e. The van der Waals surface area contributed by atoms with Gasteiger partial charge in [0.2, 0.25) is 0 Å². The number of hydrogen-bond donors (Lipinski definition) is 0. The van der Waals surface area contributed by atoms with Crippen molar-refractivity contribution in [1.29, 1.82) is 0 Å². The van der Waals surface area contributed by atoms with E-state index in [2.05, 4.69) is 20.4 Å². The van der Waals surface area contributed by atoms with Gasteiger partial charge in [0.15, 0.2) is 0 Å². The summed E-state index contributed by atoms with van der Waals surface area (Å²) in [6, 6.07) is 0. The summed E-state index contributed by atoms with van der Waals surface area (Å²) >= 11 is 0. The smallest absolute Gasteiger partial charge is 0.333 e. The van der Waals surface area contributed by atoms with Crippen molar-refractivity contribution in [3.63, 3.8) is 0 Å². The molecule has 0 unspecified atom stereocenters. The molecule has 0 atom stereocenters. The molecular weight excluding hydrogens is 536 g/mol. The van der Waals surface area contributed by atoms with Crippen molar-refractivity contribution >= 4 is 5.97 Å². The standard InChI is InChI=1S/C42H82O2/c1-40(2)38-36-34-32-30-28-26-24-22-20-18-16-14-12-10-8-6-5-7-9-11-13-15-17-19-21-23-25-27-29-31-33-35-37-39-44-42(43)41(3)4/h40H,3,5-39H2,1-2,4H3. The van der Waals surface area contributed by atoms with Crippen molar-refractivity contribution in [2.75, 3.05) is 6.61 Å². The molecule has 44 heavy (non-hydrogen) atoms. The van der Waals surface area contributed by atoms with Crippen LogP contribution in [0.3, 0.4) is 0 Å². The number of rotatable bonds is 37. The molecule has 2 heteroatoms. The van der Waals surface area contributed by atoms with Gasteiger partial charge < -0.3 is 4.74 Å². The van der Waals surface area contributed by atoms with Gasteiger partial charge in [0.1, 0.15) is 0 Å². The van der Waals surface area contributed by atoms with Gasteiger partial charge in [-0.15, -0.1) is 0 Å². The number of ether oxygens (including phenoxy) is 1. The molecule has 0 amide bonds. The molecular formula is C42H82O2. The van der Waals surface area contributed by atoms with Crippen molar-refractivity contribution in [2.24, 2.45) is 5.92 Å². The first-order valence-corrected chi connectivity index (χ1v) is 20.4. The predicted molar refractivity (Wildman–Crippen MR) is 198 cm³/mol. The summed E-state index contributed by atoms with van der Waals surface area (Å²) in [6.45, 7) is 10.5. The summed E-state index contributed by atoms with van der Waals surface area (Å²) in [5, 5.41) is 0. The Hall–Kier alpha value is -0.790. The Morgan fingerprint density at radius 1 is 0.409 bits per heavy atom. The maximum Gasteiger partial charge on any atom is 0.333 e. The van der Waals surface area contributed by atoms with Crippen LogP contribution < -0.4 is 0 Å². The molecule has 2 nitrogen and oxygen atoms in total. The van der Waals surface area contributed by atoms with Gasteiger partial charge in [0, 0.05) is 5.57 Å². The van der Waals surface area contributed by atoms with Gasteiger partial charge in [-0.25, -0.2) is 4.79 Å². The Balaban J connectivity index is 3.07. The average Bonchev–Trinajstić information content (AvgIpc) is 3.00.